The number of rotatable bonds is 15. The zero-order valence-electron chi connectivity index (χ0n) is 36.4. The van der Waals surface area contributed by atoms with E-state index in [-0.39, 0.29) is 12.9 Å². The summed E-state index contributed by atoms with van der Waals surface area (Å²) >= 11 is 0. The Morgan fingerprint density at radius 1 is 0.630 bits per heavy atom. The van der Waals surface area contributed by atoms with Gasteiger partial charge in [-0.3, -0.25) is 4.79 Å². The quantitative estimate of drug-likeness (QED) is 0.0559. The molecule has 0 aliphatic carbocycles. The van der Waals surface area contributed by atoms with Gasteiger partial charge >= 0.3 is 23.9 Å². The van der Waals surface area contributed by atoms with Gasteiger partial charge < -0.3 is 32.5 Å². The lowest BCUT2D eigenvalue weighted by molar-refractivity contribution is -0.238. The van der Waals surface area contributed by atoms with Gasteiger partial charge in [-0.25, -0.2) is 19.2 Å². The summed E-state index contributed by atoms with van der Waals surface area (Å²) in [6.07, 6.45) is -2.34. The number of carbonyl (C=O) groups is 5. The number of carbonyl (C=O) groups excluding carboxylic acids is 5. The molecular weight excluding hydrogens is 729 g/mol. The average molecular weight is 797 g/mol. The lowest BCUT2D eigenvalue weighted by Gasteiger charge is -2.54. The third-order valence-corrected chi connectivity index (χ3v) is 18.0. The second-order valence-electron chi connectivity index (χ2n) is 19.7. The second kappa shape index (κ2) is 17.1. The van der Waals surface area contributed by atoms with Crippen molar-refractivity contribution in [2.75, 3.05) is 6.61 Å². The number of hydrogen-bond acceptors (Lipinski definition) is 12. The normalized spacial score (nSPS) is 16.3. The summed E-state index contributed by atoms with van der Waals surface area (Å²) in [5.74, 6) is -5.13. The molecule has 3 atom stereocenters. The van der Waals surface area contributed by atoms with Crippen molar-refractivity contribution in [2.24, 2.45) is 0 Å². The molecule has 0 saturated carbocycles. The predicted octanol–water partition coefficient (Wildman–Crippen LogP) is 7.86. The second-order valence-corrected chi connectivity index (χ2v) is 29.1. The van der Waals surface area contributed by atoms with Gasteiger partial charge in [0.05, 0.1) is 6.61 Å². The van der Waals surface area contributed by atoms with E-state index in [4.69, 9.17) is 32.5 Å². The molecule has 54 heavy (non-hydrogen) atoms. The van der Waals surface area contributed by atoms with Crippen molar-refractivity contribution in [1.82, 2.24) is 0 Å². The van der Waals surface area contributed by atoms with E-state index in [0.29, 0.717) is 0 Å². The Kier molecular flexibility index (Phi) is 15.5. The van der Waals surface area contributed by atoms with Gasteiger partial charge in [0.25, 0.3) is 5.60 Å². The van der Waals surface area contributed by atoms with Crippen molar-refractivity contribution in [3.8, 4) is 0 Å². The zero-order valence-corrected chi connectivity index (χ0v) is 38.4. The van der Waals surface area contributed by atoms with E-state index in [2.05, 4.69) is 0 Å². The van der Waals surface area contributed by atoms with Crippen LogP contribution in [0.5, 0.6) is 0 Å². The number of esters is 4. The molecule has 12 nitrogen and oxygen atoms in total. The van der Waals surface area contributed by atoms with Crippen LogP contribution < -0.4 is 0 Å². The van der Waals surface area contributed by atoms with Crippen molar-refractivity contribution in [3.63, 3.8) is 0 Å². The van der Waals surface area contributed by atoms with Crippen LogP contribution in [0.25, 0.3) is 0 Å². The molecule has 0 aliphatic rings. The number of ether oxygens (including phenoxy) is 5. The molecule has 0 aliphatic heterocycles. The third-order valence-electron chi connectivity index (χ3n) is 9.14. The lowest BCUT2D eigenvalue weighted by Crippen LogP contribution is -2.80. The monoisotopic (exact) mass is 796 g/mol. The highest BCUT2D eigenvalue weighted by molar-refractivity contribution is 6.75. The first kappa shape index (κ1) is 49.1. The average Bonchev–Trinajstić information content (AvgIpc) is 2.94. The van der Waals surface area contributed by atoms with Crippen molar-refractivity contribution < 1.29 is 56.5 Å². The minimum absolute atomic E-state index is 0.00931. The van der Waals surface area contributed by atoms with Crippen molar-refractivity contribution >= 4 is 46.8 Å². The molecule has 1 aromatic carbocycles. The topological polar surface area (TPSA) is 150 Å². The van der Waals surface area contributed by atoms with Gasteiger partial charge in [0, 0.05) is 0 Å². The standard InChI is InChI=1S/C40H68O12Si2/c1-34(2,3)48-31(43)30(47-29(42)26-46-25-28-23-21-20-22-24-28)40(33(45)50-36(7,8)9,52-54(18,19)38(13,14)15)39(27-41,32(44)49-35(4,5)6)51-53(16,17)37(10,11)12/h20-24,27,30H,25-26H2,1-19H3/t30-,39-,40+/m0/s1. The van der Waals surface area contributed by atoms with Gasteiger partial charge in [-0.1, -0.05) is 71.9 Å². The van der Waals surface area contributed by atoms with Crippen LogP contribution in [0.1, 0.15) is 109 Å². The summed E-state index contributed by atoms with van der Waals surface area (Å²) in [4.78, 5) is 73.3. The lowest BCUT2D eigenvalue weighted by atomic mass is 9.78. The maximum atomic E-state index is 15.4. The van der Waals surface area contributed by atoms with Crippen LogP contribution in [0, 0.1) is 0 Å². The Morgan fingerprint density at radius 3 is 1.46 bits per heavy atom. The SMILES string of the molecule is CC(C)(C)OC(=O)[C@H](OC(=O)COCc1ccccc1)[C@@](O[Si](C)(C)C(C)(C)C)(C(=O)OC(C)(C)C)[C@@](C=O)(O[Si](C)(C)C(C)(C)C)C(=O)OC(C)(C)C. The van der Waals surface area contributed by atoms with Gasteiger partial charge in [-0.05, 0) is 104 Å². The van der Waals surface area contributed by atoms with E-state index in [1.807, 2.05) is 47.6 Å². The molecule has 14 heteroatoms. The number of aldehydes is 1. The van der Waals surface area contributed by atoms with Crippen LogP contribution in [0.2, 0.25) is 36.3 Å². The third kappa shape index (κ3) is 12.8. The first-order valence-corrected chi connectivity index (χ1v) is 24.2. The Bertz CT molecular complexity index is 1470. The van der Waals surface area contributed by atoms with E-state index < -0.39 is 91.3 Å². The Morgan fingerprint density at radius 2 is 1.06 bits per heavy atom. The summed E-state index contributed by atoms with van der Waals surface area (Å²) in [5.41, 5.74) is -9.28. The number of benzene rings is 1. The summed E-state index contributed by atoms with van der Waals surface area (Å²) in [7, 11) is -6.86. The first-order chi connectivity index (χ1) is 24.0. The maximum Gasteiger partial charge on any atom is 0.351 e. The molecule has 0 unspecified atom stereocenters. The van der Waals surface area contributed by atoms with E-state index in [1.165, 1.54) is 0 Å². The van der Waals surface area contributed by atoms with Gasteiger partial charge in [0.1, 0.15) is 23.4 Å². The molecule has 0 radical (unpaired) electrons. The molecule has 0 aromatic heterocycles. The highest BCUT2D eigenvalue weighted by Gasteiger charge is 2.77. The summed E-state index contributed by atoms with van der Waals surface area (Å²) in [6.45, 7) is 31.6. The van der Waals surface area contributed by atoms with Crippen LogP contribution in [0.15, 0.2) is 30.3 Å². The summed E-state index contributed by atoms with van der Waals surface area (Å²) in [5, 5.41) is -1.43. The van der Waals surface area contributed by atoms with Crippen LogP contribution in [0.4, 0.5) is 0 Å². The highest BCUT2D eigenvalue weighted by atomic mass is 28.4. The van der Waals surface area contributed by atoms with Gasteiger partial charge in [-0.15, -0.1) is 0 Å². The molecular formula is C40H68O12Si2. The fourth-order valence-electron chi connectivity index (χ4n) is 4.52. The van der Waals surface area contributed by atoms with Crippen molar-refractivity contribution in [3.05, 3.63) is 35.9 Å². The van der Waals surface area contributed by atoms with E-state index >= 15 is 9.59 Å². The van der Waals surface area contributed by atoms with Gasteiger partial charge in [-0.2, -0.15) is 0 Å². The van der Waals surface area contributed by atoms with E-state index in [9.17, 15) is 14.4 Å². The van der Waals surface area contributed by atoms with E-state index in [1.54, 1.807) is 113 Å². The van der Waals surface area contributed by atoms with Crippen LogP contribution >= 0.6 is 0 Å². The van der Waals surface area contributed by atoms with Crippen molar-refractivity contribution in [1.29, 1.82) is 0 Å². The van der Waals surface area contributed by atoms with Crippen LogP contribution in [-0.2, 0) is 63.1 Å². The van der Waals surface area contributed by atoms with Crippen LogP contribution in [0.3, 0.4) is 0 Å². The smallest absolute Gasteiger partial charge is 0.351 e. The summed E-state index contributed by atoms with van der Waals surface area (Å²) in [6, 6.07) is 9.04. The fraction of sp³-hybridized carbons (Fsp3) is 0.725. The predicted molar refractivity (Wildman–Crippen MR) is 212 cm³/mol. The molecule has 1 rings (SSSR count). The molecule has 0 heterocycles. The van der Waals surface area contributed by atoms with Crippen LogP contribution in [-0.4, -0.2) is 87.5 Å². The minimum atomic E-state index is -3.48. The molecule has 0 bridgehead atoms. The highest BCUT2D eigenvalue weighted by Crippen LogP contribution is 2.50. The minimum Gasteiger partial charge on any atom is -0.458 e. The van der Waals surface area contributed by atoms with Gasteiger partial charge in [0.2, 0.25) is 11.7 Å². The molecule has 308 valence electrons. The fourth-order valence-corrected chi connectivity index (χ4v) is 7.36. The Labute approximate surface area is 325 Å². The molecule has 0 spiro atoms. The number of hydrogen-bond donors (Lipinski definition) is 0. The molecule has 0 N–H and O–H groups in total. The molecule has 0 amide bonds. The Hall–Kier alpha value is -2.92. The first-order valence-electron chi connectivity index (χ1n) is 18.3. The maximum absolute atomic E-state index is 15.4. The summed E-state index contributed by atoms with van der Waals surface area (Å²) < 4.78 is 43.3. The van der Waals surface area contributed by atoms with Crippen molar-refractivity contribution in [2.45, 2.75) is 181 Å². The van der Waals surface area contributed by atoms with Gasteiger partial charge in [0.15, 0.2) is 22.9 Å². The molecule has 0 fully saturated rings. The molecule has 1 aromatic rings. The largest absolute Gasteiger partial charge is 0.458 e. The Balaban J connectivity index is 4.63. The zero-order chi connectivity index (χ0) is 42.6. The molecule has 0 saturated heterocycles. The van der Waals surface area contributed by atoms with E-state index in [0.717, 1.165) is 5.56 Å².